The van der Waals surface area contributed by atoms with Crippen LogP contribution >= 0.6 is 21.3 Å². The van der Waals surface area contributed by atoms with Crippen LogP contribution in [0, 0.1) is 76.3 Å². The number of anilines is 4. The monoisotopic (exact) mass is 2050 g/mol. The minimum atomic E-state index is -0.807. The second kappa shape index (κ2) is 52.5. The normalized spacial score (nSPS) is 17.1. The molecule has 16 nitrogen and oxygen atoms in total. The summed E-state index contributed by atoms with van der Waals surface area (Å²) in [4.78, 5) is 82.7. The zero-order valence-electron chi connectivity index (χ0n) is 77.7. The number of nitrogens with zero attached hydrogens (tertiary/aromatic N) is 4. The topological polar surface area (TPSA) is 204 Å². The number of amides is 4. The summed E-state index contributed by atoms with van der Waals surface area (Å²) in [5, 5.41) is 30.2. The van der Waals surface area contributed by atoms with E-state index in [1.54, 1.807) is 105 Å². The van der Waals surface area contributed by atoms with Gasteiger partial charge in [-0.25, -0.2) is 35.1 Å². The maximum absolute atomic E-state index is 13.5. The molecule has 4 amide bonds. The van der Waals surface area contributed by atoms with Crippen molar-refractivity contribution >= 4 is 78.7 Å². The number of aromatic hydroxyl groups is 1. The van der Waals surface area contributed by atoms with Gasteiger partial charge in [-0.15, -0.1) is 12.1 Å². The number of rotatable bonds is 32. The third-order valence-corrected chi connectivity index (χ3v) is 25.3. The van der Waals surface area contributed by atoms with Crippen molar-refractivity contribution in [2.24, 2.45) is 23.7 Å². The first-order chi connectivity index (χ1) is 69.8. The molecule has 738 valence electrons. The van der Waals surface area contributed by atoms with Crippen molar-refractivity contribution in [2.75, 3.05) is 19.6 Å². The number of ether oxygens (including phenoxy) is 3. The van der Waals surface area contributed by atoms with E-state index in [-0.39, 0.29) is 138 Å². The second-order valence-electron chi connectivity index (χ2n) is 34.4. The number of carbonyl (C=O) groups is 6. The van der Waals surface area contributed by atoms with E-state index in [0.717, 1.165) is 67.8 Å². The zero-order chi connectivity index (χ0) is 102. The standard InChI is InChI=1S/C31H27F2NO3.C31H25F2NO3.C25H21ClFNO3.C24H21F2NO3.C6H4F.CH4.ClH.Zn/c2*32-24-10-6-22(7-11-24)29(35)19-18-28-30(34(31(28)36)26-14-12-25(33)13-15-26)23-8-16-27(17-9-23)37-20-21-4-2-1-3-5-21;26-23(29)15-14-22-24(28(25(22)30)20-10-8-19(27)9-11-20)18-6-12-21(13-7-18)31-16-17-4-2-1-3-5-17;25-17-5-1-15(2-6-17)22(29)14-13-21-23(16-3-11-20(28)12-4-16)27(24(21)30)19-9-7-18(26)8-10-19;7-6-4-2-1-3-5-6;;;/h1-17,28-30,35H,18-20H2;1-17,28,30H,18-20H2;1-13,22,24H,14-16H2;1-12,21-23,28-29H,13-14H2;2-5H;1H4;1H;/q;;;;-1;;;+2/p-1/t28-,29+,30-;28-,30-;22-,24-;21-,22+,23-;;;;/m1111..../s1. The fourth-order valence-corrected chi connectivity index (χ4v) is 17.8. The van der Waals surface area contributed by atoms with Crippen LogP contribution in [0.2, 0.25) is 0 Å². The molecule has 4 fully saturated rings. The molecule has 0 aromatic heterocycles. The molecule has 145 heavy (non-hydrogen) atoms. The number of β-lactam (4-membered cyclic amide) rings is 4. The predicted molar refractivity (Wildman–Crippen MR) is 539 cm³/mol. The van der Waals surface area contributed by atoms with Gasteiger partial charge in [-0.05, 0) is 294 Å². The van der Waals surface area contributed by atoms with E-state index in [1.807, 2.05) is 164 Å². The number of aliphatic hydroxyl groups excluding tert-OH is 2. The Hall–Kier alpha value is -14.7. The number of aliphatic hydroxyl groups is 2. The van der Waals surface area contributed by atoms with Crippen molar-refractivity contribution in [1.82, 2.24) is 0 Å². The van der Waals surface area contributed by atoms with Crippen LogP contribution in [-0.4, -0.2) is 50.0 Å². The van der Waals surface area contributed by atoms with E-state index in [9.17, 15) is 79.2 Å². The molecular formula is C118H102Cl2F8N4O12Zn. The molecule has 15 aromatic carbocycles. The number of hydrogen-bond donors (Lipinski definition) is 3. The number of halogens is 10. The molecule has 4 aliphatic heterocycles. The van der Waals surface area contributed by atoms with Gasteiger partial charge >= 0.3 is 27.0 Å². The van der Waals surface area contributed by atoms with Gasteiger partial charge in [-0.2, -0.15) is 18.2 Å². The van der Waals surface area contributed by atoms with Gasteiger partial charge in [0.25, 0.3) is 0 Å². The summed E-state index contributed by atoms with van der Waals surface area (Å²) in [6.07, 6.45) is 0.980. The summed E-state index contributed by atoms with van der Waals surface area (Å²) < 4.78 is 123. The van der Waals surface area contributed by atoms with Gasteiger partial charge in [0.1, 0.15) is 83.5 Å². The van der Waals surface area contributed by atoms with Gasteiger partial charge in [0.15, 0.2) is 5.78 Å². The quantitative estimate of drug-likeness (QED) is 0.00900. The number of Topliss-reactive ketones (excluding diaryl/α,β-unsaturated/α-hetero) is 1. The number of phenols is 1. The number of carbonyl (C=O) groups excluding carboxylic acids is 6. The second-order valence-corrected chi connectivity index (χ2v) is 34.9. The van der Waals surface area contributed by atoms with E-state index < -0.39 is 29.2 Å². The van der Waals surface area contributed by atoms with Crippen molar-refractivity contribution in [1.29, 1.82) is 0 Å². The number of benzene rings is 15. The van der Waals surface area contributed by atoms with E-state index in [1.165, 1.54) is 133 Å². The molecule has 19 rings (SSSR count). The summed E-state index contributed by atoms with van der Waals surface area (Å²) >= 11 is 6.35. The molecule has 3 N–H and O–H groups in total. The van der Waals surface area contributed by atoms with E-state index in [4.69, 9.17) is 35.5 Å². The number of ketones is 1. The molecule has 4 heterocycles. The van der Waals surface area contributed by atoms with Gasteiger partial charge in [-0.1, -0.05) is 171 Å². The fourth-order valence-electron chi connectivity index (χ4n) is 17.7. The van der Waals surface area contributed by atoms with Crippen molar-refractivity contribution in [3.63, 3.8) is 0 Å². The summed E-state index contributed by atoms with van der Waals surface area (Å²) in [7, 11) is 4.76. The van der Waals surface area contributed by atoms with Gasteiger partial charge in [0, 0.05) is 47.0 Å². The van der Waals surface area contributed by atoms with Gasteiger partial charge < -0.3 is 49.1 Å². The van der Waals surface area contributed by atoms with E-state index >= 15 is 0 Å². The Morgan fingerprint density at radius 1 is 0.317 bits per heavy atom. The molecule has 0 bridgehead atoms. The van der Waals surface area contributed by atoms with Crippen LogP contribution in [0.25, 0.3) is 0 Å². The Kier molecular flexibility index (Phi) is 39.0. The van der Waals surface area contributed by atoms with Crippen LogP contribution in [0.4, 0.5) is 57.9 Å². The SMILES string of the molecule is C.Fc1cc[c-]cc1.O=C(CC[C@H]1C(=O)N(c2ccc(F)cc2)[C@@H]1c1ccc(OCc2ccccc2)cc1)c1ccc(F)cc1.O=C(Cl)CC[C@H]1C(=O)N(c2ccc(F)cc2)[C@@H]1c1ccc(OCc2ccccc2)cc1.O=C1[C@H](CC[C@H](O)c2ccc(F)cc2)[C@@H](c2ccc(O)cc2)N1c1ccc(F)cc1.O=C1[C@H](CC[C@H](O)c2ccc(F)cc2)[C@@H](c2ccc(OCc3ccccc3)cc2)N1c1ccc(F)cc1.[Cl][Zn+]. The van der Waals surface area contributed by atoms with Crippen LogP contribution in [0.3, 0.4) is 0 Å². The summed E-state index contributed by atoms with van der Waals surface area (Å²) in [6, 6.07) is 106. The molecule has 10 atom stereocenters. The molecule has 4 saturated heterocycles. The molecule has 0 unspecified atom stereocenters. The predicted octanol–water partition coefficient (Wildman–Crippen LogP) is 27.2. The van der Waals surface area contributed by atoms with Crippen LogP contribution in [-0.2, 0) is 61.1 Å². The first-order valence-electron chi connectivity index (χ1n) is 46.5. The fraction of sp³-hybridized carbons (Fsp3) is 0.186. The summed E-state index contributed by atoms with van der Waals surface area (Å²) in [5.74, 6) is -2.60. The Morgan fingerprint density at radius 3 is 0.821 bits per heavy atom. The number of phenolic OH excluding ortho intramolecular Hbond substituents is 1. The van der Waals surface area contributed by atoms with Crippen molar-refractivity contribution < 1.29 is 111 Å². The molecule has 15 aromatic rings. The molecule has 4 aliphatic rings. The first kappa shape index (κ1) is 108. The Morgan fingerprint density at radius 2 is 0.559 bits per heavy atom. The van der Waals surface area contributed by atoms with Gasteiger partial charge in [0.05, 0.1) is 60.0 Å². The summed E-state index contributed by atoms with van der Waals surface area (Å²) in [6.45, 7) is 1.36. The minimum absolute atomic E-state index is 0. The molecule has 0 saturated carbocycles. The first-order valence-corrected chi connectivity index (χ1v) is 50.8. The average molecular weight is 2060 g/mol. The van der Waals surface area contributed by atoms with Crippen LogP contribution in [0.5, 0.6) is 23.0 Å². The van der Waals surface area contributed by atoms with Gasteiger partial charge in [0.2, 0.25) is 28.9 Å². The van der Waals surface area contributed by atoms with Crippen LogP contribution in [0.15, 0.2) is 382 Å². The van der Waals surface area contributed by atoms with Crippen molar-refractivity contribution in [3.8, 4) is 23.0 Å². The molecular weight excluding hydrogens is 1950 g/mol. The van der Waals surface area contributed by atoms with Crippen LogP contribution < -0.4 is 33.8 Å². The third-order valence-electron chi connectivity index (χ3n) is 25.1. The maximum atomic E-state index is 13.5. The number of hydrogen-bond acceptors (Lipinski definition) is 12. The third kappa shape index (κ3) is 28.7. The summed E-state index contributed by atoms with van der Waals surface area (Å²) in [5.41, 5.74) is 10.8. The Bertz CT molecular complexity index is 6690. The van der Waals surface area contributed by atoms with Crippen molar-refractivity contribution in [3.05, 3.63) is 490 Å². The molecule has 0 spiro atoms. The Balaban J connectivity index is 0.000000157. The molecule has 0 radical (unpaired) electrons. The van der Waals surface area contributed by atoms with Crippen LogP contribution in [0.1, 0.15) is 156 Å². The Labute approximate surface area is 855 Å². The average Bonchev–Trinajstić information content (AvgIpc) is 0.762. The molecule has 0 aliphatic carbocycles. The van der Waals surface area contributed by atoms with Crippen molar-refractivity contribution in [2.45, 2.75) is 115 Å². The zero-order valence-corrected chi connectivity index (χ0v) is 82.2. The van der Waals surface area contributed by atoms with E-state index in [0.29, 0.717) is 104 Å². The van der Waals surface area contributed by atoms with Gasteiger partial charge in [-0.3, -0.25) is 28.8 Å². The van der Waals surface area contributed by atoms with E-state index in [2.05, 4.69) is 6.07 Å². The molecule has 27 heteroatoms.